The first kappa shape index (κ1) is 7.64. The van der Waals surface area contributed by atoms with Crippen molar-refractivity contribution in [1.29, 1.82) is 5.26 Å². The van der Waals surface area contributed by atoms with Gasteiger partial charge in [-0.05, 0) is 36.5 Å². The molecule has 2 heteroatoms. The van der Waals surface area contributed by atoms with Gasteiger partial charge < -0.3 is 0 Å². The van der Waals surface area contributed by atoms with Gasteiger partial charge >= 0.3 is 0 Å². The van der Waals surface area contributed by atoms with Gasteiger partial charge in [-0.25, -0.2) is 0 Å². The quantitative estimate of drug-likeness (QED) is 0.647. The van der Waals surface area contributed by atoms with Crippen molar-refractivity contribution in [3.8, 4) is 6.07 Å². The zero-order valence-corrected chi connectivity index (χ0v) is 7.30. The molecule has 0 unspecified atom stereocenters. The molecule has 0 spiro atoms. The average Bonchev–Trinajstić information content (AvgIpc) is 2.86. The summed E-state index contributed by atoms with van der Waals surface area (Å²) >= 11 is 5.88. The van der Waals surface area contributed by atoms with Gasteiger partial charge in [0.15, 0.2) is 0 Å². The van der Waals surface area contributed by atoms with Crippen molar-refractivity contribution in [2.24, 2.45) is 0 Å². The fraction of sp³-hybridized carbons (Fsp3) is 0.300. The van der Waals surface area contributed by atoms with E-state index >= 15 is 0 Å². The van der Waals surface area contributed by atoms with Gasteiger partial charge in [-0.3, -0.25) is 0 Å². The van der Waals surface area contributed by atoms with E-state index in [1.165, 1.54) is 18.4 Å². The van der Waals surface area contributed by atoms with E-state index in [9.17, 15) is 0 Å². The molecule has 0 aromatic heterocycles. The van der Waals surface area contributed by atoms with Crippen molar-refractivity contribution in [2.45, 2.75) is 18.8 Å². The van der Waals surface area contributed by atoms with E-state index in [2.05, 4.69) is 0 Å². The van der Waals surface area contributed by atoms with E-state index in [4.69, 9.17) is 16.9 Å². The number of hydrogen-bond donors (Lipinski definition) is 0. The highest BCUT2D eigenvalue weighted by Gasteiger charge is 2.23. The molecule has 1 aliphatic rings. The molecule has 1 aliphatic carbocycles. The van der Waals surface area contributed by atoms with E-state index in [0.717, 1.165) is 0 Å². The first-order valence-corrected chi connectivity index (χ1v) is 4.38. The predicted octanol–water partition coefficient (Wildman–Crippen LogP) is 3.09. The summed E-state index contributed by atoms with van der Waals surface area (Å²) in [5, 5.41) is 9.21. The van der Waals surface area contributed by atoms with Crippen LogP contribution in [0.4, 0.5) is 0 Å². The van der Waals surface area contributed by atoms with E-state index in [1.807, 2.05) is 18.2 Å². The third kappa shape index (κ3) is 1.31. The van der Waals surface area contributed by atoms with Gasteiger partial charge in [0.05, 0.1) is 10.6 Å². The van der Waals surface area contributed by atoms with Crippen LogP contribution >= 0.6 is 11.6 Å². The first-order chi connectivity index (χ1) is 5.81. The summed E-state index contributed by atoms with van der Waals surface area (Å²) in [5.41, 5.74) is 1.85. The van der Waals surface area contributed by atoms with Crippen molar-refractivity contribution in [2.75, 3.05) is 0 Å². The average molecular weight is 178 g/mol. The normalized spacial score (nSPS) is 15.7. The zero-order chi connectivity index (χ0) is 8.55. The van der Waals surface area contributed by atoms with E-state index in [1.54, 1.807) is 6.07 Å². The number of nitriles is 1. The summed E-state index contributed by atoms with van der Waals surface area (Å²) in [6.45, 7) is 0. The Bertz CT molecular complexity index is 347. The fourth-order valence-corrected chi connectivity index (χ4v) is 1.52. The topological polar surface area (TPSA) is 23.8 Å². The predicted molar refractivity (Wildman–Crippen MR) is 48.1 cm³/mol. The summed E-state index contributed by atoms with van der Waals surface area (Å²) in [6, 6.07) is 7.77. The summed E-state index contributed by atoms with van der Waals surface area (Å²) in [5.74, 6) is 0.704. The Labute approximate surface area is 76.6 Å². The number of benzene rings is 1. The molecular weight excluding hydrogens is 170 g/mol. The van der Waals surface area contributed by atoms with Crippen molar-refractivity contribution in [1.82, 2.24) is 0 Å². The second-order valence-electron chi connectivity index (χ2n) is 3.13. The van der Waals surface area contributed by atoms with Crippen molar-refractivity contribution in [3.63, 3.8) is 0 Å². The third-order valence-corrected chi connectivity index (χ3v) is 2.48. The lowest BCUT2D eigenvalue weighted by Gasteiger charge is -1.99. The maximum atomic E-state index is 8.63. The molecule has 1 nitrogen and oxygen atoms in total. The molecule has 60 valence electrons. The molecule has 1 saturated carbocycles. The van der Waals surface area contributed by atoms with Crippen molar-refractivity contribution < 1.29 is 0 Å². The molecule has 0 saturated heterocycles. The third-order valence-electron chi connectivity index (χ3n) is 2.16. The van der Waals surface area contributed by atoms with Gasteiger partial charge in [0.1, 0.15) is 6.07 Å². The molecule has 0 bridgehead atoms. The summed E-state index contributed by atoms with van der Waals surface area (Å²) in [6.07, 6.45) is 2.53. The lowest BCUT2D eigenvalue weighted by Crippen LogP contribution is -1.82. The molecule has 1 fully saturated rings. The molecule has 1 aromatic carbocycles. The molecule has 12 heavy (non-hydrogen) atoms. The van der Waals surface area contributed by atoms with Gasteiger partial charge in [-0.2, -0.15) is 5.26 Å². The summed E-state index contributed by atoms with van der Waals surface area (Å²) in [4.78, 5) is 0. The van der Waals surface area contributed by atoms with Crippen LogP contribution in [-0.2, 0) is 0 Å². The first-order valence-electron chi connectivity index (χ1n) is 4.01. The van der Waals surface area contributed by atoms with Crippen LogP contribution in [0, 0.1) is 11.3 Å². The summed E-state index contributed by atoms with van der Waals surface area (Å²) < 4.78 is 0. The largest absolute Gasteiger partial charge is 0.192 e. The monoisotopic (exact) mass is 177 g/mol. The van der Waals surface area contributed by atoms with Gasteiger partial charge in [-0.15, -0.1) is 0 Å². The van der Waals surface area contributed by atoms with Crippen LogP contribution in [0.5, 0.6) is 0 Å². The van der Waals surface area contributed by atoms with E-state index in [-0.39, 0.29) is 0 Å². The van der Waals surface area contributed by atoms with Crippen LogP contribution in [0.3, 0.4) is 0 Å². The smallest absolute Gasteiger partial charge is 0.101 e. The second kappa shape index (κ2) is 2.80. The van der Waals surface area contributed by atoms with Crippen molar-refractivity contribution in [3.05, 3.63) is 34.3 Å². The lowest BCUT2D eigenvalue weighted by molar-refractivity contribution is 1.13. The van der Waals surface area contributed by atoms with Gasteiger partial charge in [-0.1, -0.05) is 17.7 Å². The van der Waals surface area contributed by atoms with E-state index in [0.29, 0.717) is 16.5 Å². The van der Waals surface area contributed by atoms with Crippen LogP contribution in [0.25, 0.3) is 0 Å². The molecule has 0 amide bonds. The highest BCUT2D eigenvalue weighted by atomic mass is 35.5. The second-order valence-corrected chi connectivity index (χ2v) is 3.53. The molecule has 0 atom stereocenters. The maximum Gasteiger partial charge on any atom is 0.101 e. The van der Waals surface area contributed by atoms with Crippen LogP contribution in [-0.4, -0.2) is 0 Å². The minimum Gasteiger partial charge on any atom is -0.192 e. The number of rotatable bonds is 1. The minimum absolute atomic E-state index is 0.570. The maximum absolute atomic E-state index is 8.63. The zero-order valence-electron chi connectivity index (χ0n) is 6.55. The molecule has 0 aliphatic heterocycles. The van der Waals surface area contributed by atoms with Crippen LogP contribution in [0.15, 0.2) is 18.2 Å². The highest BCUT2D eigenvalue weighted by Crippen LogP contribution is 2.40. The Hall–Kier alpha value is -1.00. The van der Waals surface area contributed by atoms with Gasteiger partial charge in [0.2, 0.25) is 0 Å². The van der Waals surface area contributed by atoms with Crippen LogP contribution < -0.4 is 0 Å². The Morgan fingerprint density at radius 3 is 2.67 bits per heavy atom. The summed E-state index contributed by atoms with van der Waals surface area (Å²) in [7, 11) is 0. The Morgan fingerprint density at radius 1 is 1.42 bits per heavy atom. The fourth-order valence-electron chi connectivity index (χ4n) is 1.29. The van der Waals surface area contributed by atoms with Crippen LogP contribution in [0.1, 0.15) is 29.9 Å². The Morgan fingerprint density at radius 2 is 2.17 bits per heavy atom. The van der Waals surface area contributed by atoms with Gasteiger partial charge in [0.25, 0.3) is 0 Å². The molecular formula is C10H8ClN. The van der Waals surface area contributed by atoms with Crippen molar-refractivity contribution >= 4 is 11.6 Å². The minimum atomic E-state index is 0.570. The number of hydrogen-bond acceptors (Lipinski definition) is 1. The standard InChI is InChI=1S/C10H8ClN/c11-10-5-8(7-1-2-7)3-4-9(10)6-12/h3-5,7H,1-2H2. The number of nitrogens with zero attached hydrogens (tertiary/aromatic N) is 1. The SMILES string of the molecule is N#Cc1ccc(C2CC2)cc1Cl. The highest BCUT2D eigenvalue weighted by molar-refractivity contribution is 6.31. The number of halogens is 1. The molecule has 2 rings (SSSR count). The molecule has 0 N–H and O–H groups in total. The molecule has 1 aromatic rings. The Balaban J connectivity index is 2.38. The Kier molecular flexibility index (Phi) is 1.78. The van der Waals surface area contributed by atoms with E-state index < -0.39 is 0 Å². The molecule has 0 radical (unpaired) electrons. The van der Waals surface area contributed by atoms with Gasteiger partial charge in [0, 0.05) is 0 Å². The lowest BCUT2D eigenvalue weighted by atomic mass is 10.1. The molecule has 0 heterocycles. The van der Waals surface area contributed by atoms with Crippen LogP contribution in [0.2, 0.25) is 5.02 Å².